The summed E-state index contributed by atoms with van der Waals surface area (Å²) in [5.74, 6) is 0.0624. The number of sulfonamides is 1. The molecule has 130 valence electrons. The predicted molar refractivity (Wildman–Crippen MR) is 94.9 cm³/mol. The first-order valence-corrected chi connectivity index (χ1v) is 9.72. The molecule has 6 nitrogen and oxygen atoms in total. The highest BCUT2D eigenvalue weighted by atomic mass is 32.2. The molecule has 0 saturated heterocycles. The third-order valence-electron chi connectivity index (χ3n) is 3.27. The summed E-state index contributed by atoms with van der Waals surface area (Å²) in [5, 5.41) is 2.81. The number of hydrogen-bond donors (Lipinski definition) is 3. The standard InChI is InChI=1S/C16H27N3O3S/c1-2-13-23(21,22)19-15-10-8-14(9-11-15)18-16(20)7-5-3-4-6-12-17/h8-11,19H,2-7,12-13,17H2,1H3,(H,18,20). The summed E-state index contributed by atoms with van der Waals surface area (Å²) in [5.41, 5.74) is 6.58. The van der Waals surface area contributed by atoms with Crippen LogP contribution in [0.4, 0.5) is 11.4 Å². The normalized spacial score (nSPS) is 11.2. The maximum atomic E-state index is 11.8. The summed E-state index contributed by atoms with van der Waals surface area (Å²) in [7, 11) is -3.29. The Labute approximate surface area is 138 Å². The number of carbonyl (C=O) groups is 1. The van der Waals surface area contributed by atoms with Crippen molar-refractivity contribution in [2.75, 3.05) is 22.3 Å². The maximum Gasteiger partial charge on any atom is 0.232 e. The summed E-state index contributed by atoms with van der Waals surface area (Å²) < 4.78 is 25.8. The van der Waals surface area contributed by atoms with Gasteiger partial charge in [0.1, 0.15) is 0 Å². The van der Waals surface area contributed by atoms with Gasteiger partial charge < -0.3 is 11.1 Å². The Hall–Kier alpha value is -1.60. The molecule has 7 heteroatoms. The largest absolute Gasteiger partial charge is 0.330 e. The quantitative estimate of drug-likeness (QED) is 0.539. The third kappa shape index (κ3) is 8.56. The van der Waals surface area contributed by atoms with Crippen LogP contribution in [0.1, 0.15) is 45.4 Å². The molecule has 23 heavy (non-hydrogen) atoms. The van der Waals surface area contributed by atoms with E-state index < -0.39 is 10.0 Å². The van der Waals surface area contributed by atoms with Crippen LogP contribution in [0.2, 0.25) is 0 Å². The van der Waals surface area contributed by atoms with E-state index in [4.69, 9.17) is 5.73 Å². The molecule has 1 aromatic rings. The molecular formula is C16H27N3O3S. The minimum atomic E-state index is -3.29. The van der Waals surface area contributed by atoms with E-state index >= 15 is 0 Å². The van der Waals surface area contributed by atoms with Crippen molar-refractivity contribution in [3.05, 3.63) is 24.3 Å². The van der Waals surface area contributed by atoms with Gasteiger partial charge in [-0.05, 0) is 50.1 Å². The van der Waals surface area contributed by atoms with Crippen molar-refractivity contribution in [2.24, 2.45) is 5.73 Å². The Morgan fingerprint density at radius 2 is 1.65 bits per heavy atom. The number of nitrogens with two attached hydrogens (primary N) is 1. The molecule has 1 aromatic carbocycles. The van der Waals surface area contributed by atoms with Crippen LogP contribution >= 0.6 is 0 Å². The first-order chi connectivity index (χ1) is 11.0. The summed E-state index contributed by atoms with van der Waals surface area (Å²) in [4.78, 5) is 11.8. The number of hydrogen-bond acceptors (Lipinski definition) is 4. The zero-order valence-electron chi connectivity index (χ0n) is 13.7. The fraction of sp³-hybridized carbons (Fsp3) is 0.562. The number of anilines is 2. The molecule has 0 aliphatic carbocycles. The van der Waals surface area contributed by atoms with Crippen LogP contribution in [0.5, 0.6) is 0 Å². The van der Waals surface area contributed by atoms with Crippen LogP contribution in [0.25, 0.3) is 0 Å². The third-order valence-corrected chi connectivity index (χ3v) is 4.77. The van der Waals surface area contributed by atoms with Crippen molar-refractivity contribution in [1.29, 1.82) is 0 Å². The van der Waals surface area contributed by atoms with Crippen molar-refractivity contribution in [3.63, 3.8) is 0 Å². The van der Waals surface area contributed by atoms with Gasteiger partial charge >= 0.3 is 0 Å². The van der Waals surface area contributed by atoms with Gasteiger partial charge in [0.2, 0.25) is 15.9 Å². The van der Waals surface area contributed by atoms with E-state index in [-0.39, 0.29) is 11.7 Å². The number of unbranched alkanes of at least 4 members (excludes halogenated alkanes) is 3. The topological polar surface area (TPSA) is 101 Å². The van der Waals surface area contributed by atoms with E-state index in [0.717, 1.165) is 25.7 Å². The average Bonchev–Trinajstić information content (AvgIpc) is 2.48. The molecule has 0 bridgehead atoms. The van der Waals surface area contributed by atoms with E-state index in [1.54, 1.807) is 24.3 Å². The number of carbonyl (C=O) groups excluding carboxylic acids is 1. The highest BCUT2D eigenvalue weighted by Crippen LogP contribution is 2.16. The fourth-order valence-corrected chi connectivity index (χ4v) is 3.26. The maximum absolute atomic E-state index is 11.8. The van der Waals surface area contributed by atoms with E-state index in [1.807, 2.05) is 6.92 Å². The van der Waals surface area contributed by atoms with Crippen LogP contribution in [-0.2, 0) is 14.8 Å². The molecule has 0 aliphatic rings. The lowest BCUT2D eigenvalue weighted by atomic mass is 10.1. The van der Waals surface area contributed by atoms with Crippen molar-refractivity contribution >= 4 is 27.3 Å². The Morgan fingerprint density at radius 3 is 2.26 bits per heavy atom. The molecule has 0 unspecified atom stereocenters. The Balaban J connectivity index is 2.40. The monoisotopic (exact) mass is 341 g/mol. The summed E-state index contributed by atoms with van der Waals surface area (Å²) >= 11 is 0. The first-order valence-electron chi connectivity index (χ1n) is 8.07. The Bertz CT molecular complexity index is 571. The van der Waals surface area contributed by atoms with Gasteiger partial charge in [0, 0.05) is 17.8 Å². The molecule has 0 fully saturated rings. The molecule has 0 spiro atoms. The molecular weight excluding hydrogens is 314 g/mol. The molecule has 0 atom stereocenters. The van der Waals surface area contributed by atoms with E-state index in [1.165, 1.54) is 0 Å². The van der Waals surface area contributed by atoms with E-state index in [2.05, 4.69) is 10.0 Å². The minimum absolute atomic E-state index is 0.0305. The molecule has 0 heterocycles. The van der Waals surface area contributed by atoms with Crippen LogP contribution in [-0.4, -0.2) is 26.6 Å². The van der Waals surface area contributed by atoms with E-state index in [0.29, 0.717) is 30.8 Å². The zero-order valence-corrected chi connectivity index (χ0v) is 14.5. The van der Waals surface area contributed by atoms with Gasteiger partial charge in [-0.25, -0.2) is 8.42 Å². The summed E-state index contributed by atoms with van der Waals surface area (Å²) in [6, 6.07) is 6.67. The van der Waals surface area contributed by atoms with Crippen molar-refractivity contribution in [3.8, 4) is 0 Å². The second kappa shape index (κ2) is 10.2. The molecule has 1 amide bonds. The molecule has 0 saturated carbocycles. The number of rotatable bonds is 11. The zero-order chi connectivity index (χ0) is 17.1. The predicted octanol–water partition coefficient (Wildman–Crippen LogP) is 2.69. The number of benzene rings is 1. The highest BCUT2D eigenvalue weighted by molar-refractivity contribution is 7.92. The smallest absolute Gasteiger partial charge is 0.232 e. The SMILES string of the molecule is CCCS(=O)(=O)Nc1ccc(NC(=O)CCCCCCN)cc1. The second-order valence-corrected chi connectivity index (χ2v) is 7.34. The van der Waals surface area contributed by atoms with Crippen LogP contribution < -0.4 is 15.8 Å². The molecule has 0 radical (unpaired) electrons. The van der Waals surface area contributed by atoms with Gasteiger partial charge in [-0.3, -0.25) is 9.52 Å². The van der Waals surface area contributed by atoms with Gasteiger partial charge in [0.25, 0.3) is 0 Å². The van der Waals surface area contributed by atoms with Gasteiger partial charge in [-0.15, -0.1) is 0 Å². The van der Waals surface area contributed by atoms with Crippen LogP contribution in [0.15, 0.2) is 24.3 Å². The second-order valence-electron chi connectivity index (χ2n) is 5.50. The Morgan fingerprint density at radius 1 is 1.04 bits per heavy atom. The fourth-order valence-electron chi connectivity index (χ4n) is 2.13. The Kier molecular flexibility index (Phi) is 8.65. The van der Waals surface area contributed by atoms with Crippen molar-refractivity contribution in [1.82, 2.24) is 0 Å². The van der Waals surface area contributed by atoms with E-state index in [9.17, 15) is 13.2 Å². The molecule has 0 aliphatic heterocycles. The van der Waals surface area contributed by atoms with Gasteiger partial charge in [-0.2, -0.15) is 0 Å². The highest BCUT2D eigenvalue weighted by Gasteiger charge is 2.08. The first kappa shape index (κ1) is 19.4. The minimum Gasteiger partial charge on any atom is -0.330 e. The van der Waals surface area contributed by atoms with Gasteiger partial charge in [-0.1, -0.05) is 19.8 Å². The number of amides is 1. The lowest BCUT2D eigenvalue weighted by molar-refractivity contribution is -0.116. The molecule has 0 aromatic heterocycles. The summed E-state index contributed by atoms with van der Waals surface area (Å²) in [6.45, 7) is 2.51. The van der Waals surface area contributed by atoms with Gasteiger partial charge in [0.05, 0.1) is 5.75 Å². The summed E-state index contributed by atoms with van der Waals surface area (Å²) in [6.07, 6.45) is 4.95. The van der Waals surface area contributed by atoms with Crippen LogP contribution in [0.3, 0.4) is 0 Å². The lowest BCUT2D eigenvalue weighted by Crippen LogP contribution is -2.16. The molecule has 4 N–H and O–H groups in total. The average molecular weight is 341 g/mol. The van der Waals surface area contributed by atoms with Crippen LogP contribution in [0, 0.1) is 0 Å². The van der Waals surface area contributed by atoms with Crippen molar-refractivity contribution in [2.45, 2.75) is 45.4 Å². The van der Waals surface area contributed by atoms with Gasteiger partial charge in [0.15, 0.2) is 0 Å². The number of nitrogens with one attached hydrogen (secondary N) is 2. The van der Waals surface area contributed by atoms with Crippen molar-refractivity contribution < 1.29 is 13.2 Å². The molecule has 1 rings (SSSR count). The lowest BCUT2D eigenvalue weighted by Gasteiger charge is -2.09.